The van der Waals surface area contributed by atoms with Crippen LogP contribution in [0.4, 0.5) is 0 Å². The molecule has 8 unspecified atom stereocenters. The van der Waals surface area contributed by atoms with Crippen LogP contribution < -0.4 is 0 Å². The quantitative estimate of drug-likeness (QED) is 0.131. The van der Waals surface area contributed by atoms with Gasteiger partial charge in [-0.2, -0.15) is 0 Å². The van der Waals surface area contributed by atoms with E-state index in [0.29, 0.717) is 5.57 Å². The Balaban J connectivity index is 1.64. The summed E-state index contributed by atoms with van der Waals surface area (Å²) in [5, 5.41) is 0. The number of carbonyl (C=O) groups excluding carboxylic acids is 5. The molecule has 222 valence electrons. The van der Waals surface area contributed by atoms with Crippen LogP contribution in [0.1, 0.15) is 41.5 Å². The average molecular weight is 577 g/mol. The molecule has 4 heterocycles. The molecule has 0 aromatic rings. The second-order valence-electron chi connectivity index (χ2n) is 11.2. The first kappa shape index (κ1) is 29.0. The van der Waals surface area contributed by atoms with E-state index in [-0.39, 0.29) is 29.9 Å². The largest absolute Gasteiger partial charge is 0.461 e. The van der Waals surface area contributed by atoms with Crippen LogP contribution in [0, 0.1) is 0 Å². The summed E-state index contributed by atoms with van der Waals surface area (Å²) in [6.45, 7) is 8.36. The van der Waals surface area contributed by atoms with Crippen molar-refractivity contribution in [3.63, 3.8) is 0 Å². The fourth-order valence-electron chi connectivity index (χ4n) is 5.09. The Bertz CT molecular complexity index is 1280. The maximum Gasteiger partial charge on any atom is 0.341 e. The maximum absolute atomic E-state index is 13.3. The smallest absolute Gasteiger partial charge is 0.341 e. The highest BCUT2D eigenvalue weighted by atomic mass is 16.7. The first-order chi connectivity index (χ1) is 19.2. The second-order valence-corrected chi connectivity index (χ2v) is 11.2. The minimum Gasteiger partial charge on any atom is -0.461 e. The molecule has 0 spiro atoms. The van der Waals surface area contributed by atoms with Gasteiger partial charge >= 0.3 is 29.8 Å². The summed E-state index contributed by atoms with van der Waals surface area (Å²) in [4.78, 5) is 62.9. The molecular formula is C28H32O13. The maximum atomic E-state index is 13.3. The van der Waals surface area contributed by atoms with Crippen LogP contribution in [0.2, 0.25) is 0 Å². The lowest BCUT2D eigenvalue weighted by Gasteiger charge is -2.32. The average Bonchev–Trinajstić information content (AvgIpc) is 3.80. The Kier molecular flexibility index (Phi) is 7.33. The molecule has 0 aromatic carbocycles. The lowest BCUT2D eigenvalue weighted by atomic mass is 9.85. The van der Waals surface area contributed by atoms with Crippen molar-refractivity contribution in [2.45, 2.75) is 89.4 Å². The molecule has 8 atom stereocenters. The summed E-state index contributed by atoms with van der Waals surface area (Å²) < 4.78 is 45.1. The second kappa shape index (κ2) is 10.4. The first-order valence-corrected chi connectivity index (χ1v) is 13.2. The third-order valence-corrected chi connectivity index (χ3v) is 7.46. The van der Waals surface area contributed by atoms with Gasteiger partial charge in [0.2, 0.25) is 0 Å². The normalized spacial score (nSPS) is 37.5. The number of ether oxygens (including phenoxy) is 8. The predicted octanol–water partition coefficient (Wildman–Crippen LogP) is 0.778. The van der Waals surface area contributed by atoms with E-state index in [2.05, 4.69) is 0 Å². The van der Waals surface area contributed by atoms with E-state index in [4.69, 9.17) is 37.9 Å². The van der Waals surface area contributed by atoms with Gasteiger partial charge in [-0.3, -0.25) is 9.59 Å². The summed E-state index contributed by atoms with van der Waals surface area (Å²) in [5.41, 5.74) is -1.16. The van der Waals surface area contributed by atoms with E-state index in [1.165, 1.54) is 19.9 Å². The van der Waals surface area contributed by atoms with Crippen LogP contribution in [0.25, 0.3) is 0 Å². The Morgan fingerprint density at radius 1 is 0.976 bits per heavy atom. The van der Waals surface area contributed by atoms with Gasteiger partial charge in [-0.05, 0) is 33.8 Å². The lowest BCUT2D eigenvalue weighted by molar-refractivity contribution is -0.166. The minimum atomic E-state index is -1.47. The fourth-order valence-corrected chi connectivity index (χ4v) is 5.09. The van der Waals surface area contributed by atoms with Crippen molar-refractivity contribution in [3.05, 3.63) is 34.4 Å². The molecule has 0 bridgehead atoms. The molecule has 3 saturated heterocycles. The van der Waals surface area contributed by atoms with Crippen molar-refractivity contribution in [1.82, 2.24) is 0 Å². The van der Waals surface area contributed by atoms with Crippen molar-refractivity contribution < 1.29 is 61.9 Å². The highest BCUT2D eigenvalue weighted by Crippen LogP contribution is 2.55. The summed E-state index contributed by atoms with van der Waals surface area (Å²) >= 11 is 0. The molecule has 1 aliphatic carbocycles. The monoisotopic (exact) mass is 576 g/mol. The molecule has 13 nitrogen and oxygen atoms in total. The third kappa shape index (κ3) is 5.79. The fraction of sp³-hybridized carbons (Fsp3) is 0.607. The van der Waals surface area contributed by atoms with Crippen LogP contribution in [-0.2, 0) is 61.9 Å². The Labute approximate surface area is 235 Å². The Hall–Kier alpha value is -3.55. The van der Waals surface area contributed by atoms with Gasteiger partial charge in [0.05, 0.1) is 12.2 Å². The molecule has 0 saturated carbocycles. The molecule has 0 N–H and O–H groups in total. The van der Waals surface area contributed by atoms with Crippen LogP contribution in [0.5, 0.6) is 0 Å². The Morgan fingerprint density at radius 2 is 1.68 bits per heavy atom. The van der Waals surface area contributed by atoms with Gasteiger partial charge in [-0.15, -0.1) is 0 Å². The van der Waals surface area contributed by atoms with Gasteiger partial charge in [-0.1, -0.05) is 5.57 Å². The summed E-state index contributed by atoms with van der Waals surface area (Å²) in [6, 6.07) is 0. The standard InChI is InChI=1S/C28H32O13/c1-12(2)7-18(31)35-9-15-8-17-23(38-17)28(6)24(41-28)22-19(16(25(32)39-22)10-34-13(3)29)21(20(15)37-14(4)30)40-26(33)27(5)11-36-27/h7-8,17,20-24H,9-11H2,1-6H3/b15-8-. The molecule has 3 fully saturated rings. The van der Waals surface area contributed by atoms with E-state index in [1.807, 2.05) is 0 Å². The first-order valence-electron chi connectivity index (χ1n) is 13.2. The molecule has 41 heavy (non-hydrogen) atoms. The Morgan fingerprint density at radius 3 is 2.29 bits per heavy atom. The number of allylic oxidation sites excluding steroid dienone is 1. The van der Waals surface area contributed by atoms with Crippen LogP contribution in [0.3, 0.4) is 0 Å². The molecule has 13 heteroatoms. The third-order valence-electron chi connectivity index (χ3n) is 7.46. The van der Waals surface area contributed by atoms with Crippen molar-refractivity contribution in [2.24, 2.45) is 0 Å². The minimum absolute atomic E-state index is 0.0883. The molecule has 4 aliphatic heterocycles. The predicted molar refractivity (Wildman–Crippen MR) is 134 cm³/mol. The number of fused-ring (bicyclic) bond motifs is 5. The van der Waals surface area contributed by atoms with Gasteiger partial charge in [-0.25, -0.2) is 14.4 Å². The van der Waals surface area contributed by atoms with E-state index in [9.17, 15) is 24.0 Å². The highest BCUT2D eigenvalue weighted by molar-refractivity contribution is 5.94. The zero-order valence-corrected chi connectivity index (χ0v) is 23.5. The van der Waals surface area contributed by atoms with Crippen LogP contribution in [-0.4, -0.2) is 97.5 Å². The molecule has 5 aliphatic rings. The van der Waals surface area contributed by atoms with Gasteiger partial charge in [0.1, 0.15) is 37.1 Å². The van der Waals surface area contributed by atoms with Gasteiger partial charge in [0.25, 0.3) is 0 Å². The van der Waals surface area contributed by atoms with E-state index < -0.39 is 84.3 Å². The van der Waals surface area contributed by atoms with E-state index in [0.717, 1.165) is 6.92 Å². The molecule has 5 rings (SSSR count). The number of carbonyl (C=O) groups is 5. The van der Waals surface area contributed by atoms with Crippen molar-refractivity contribution in [2.75, 3.05) is 19.8 Å². The molecule has 0 amide bonds. The number of epoxide rings is 3. The topological polar surface area (TPSA) is 169 Å². The number of hydrogen-bond acceptors (Lipinski definition) is 13. The van der Waals surface area contributed by atoms with Gasteiger partial charge in [0.15, 0.2) is 23.9 Å². The number of esters is 5. The van der Waals surface area contributed by atoms with Crippen molar-refractivity contribution in [3.8, 4) is 0 Å². The number of rotatable bonds is 8. The SMILES string of the molecule is CC(=O)OCC1=C2C(OC(=O)C3(C)CO3)C(OC(C)=O)/C(COC(=O)C=C(C)C)=C\C3OC3C3(C)OC3C2OC1=O. The van der Waals surface area contributed by atoms with Crippen LogP contribution >= 0.6 is 0 Å². The zero-order chi connectivity index (χ0) is 29.9. The van der Waals surface area contributed by atoms with Crippen LogP contribution in [0.15, 0.2) is 34.4 Å². The summed E-state index contributed by atoms with van der Waals surface area (Å²) in [6.07, 6.45) is -2.64. The van der Waals surface area contributed by atoms with Crippen molar-refractivity contribution >= 4 is 29.8 Å². The summed E-state index contributed by atoms with van der Waals surface area (Å²) in [7, 11) is 0. The van der Waals surface area contributed by atoms with Crippen molar-refractivity contribution in [1.29, 1.82) is 0 Å². The van der Waals surface area contributed by atoms with E-state index >= 15 is 0 Å². The summed E-state index contributed by atoms with van der Waals surface area (Å²) in [5.74, 6) is -3.64. The zero-order valence-electron chi connectivity index (χ0n) is 23.5. The van der Waals surface area contributed by atoms with E-state index in [1.54, 1.807) is 26.8 Å². The molecule has 0 radical (unpaired) electrons. The number of hydrogen-bond donors (Lipinski definition) is 0. The van der Waals surface area contributed by atoms with Gasteiger partial charge in [0, 0.05) is 31.1 Å². The lowest BCUT2D eigenvalue weighted by Crippen LogP contribution is -2.45. The van der Waals surface area contributed by atoms with Gasteiger partial charge < -0.3 is 37.9 Å². The highest BCUT2D eigenvalue weighted by Gasteiger charge is 2.72. The molecule has 0 aromatic heterocycles. The molecular weight excluding hydrogens is 544 g/mol.